The van der Waals surface area contributed by atoms with Crippen LogP contribution in [-0.4, -0.2) is 32.4 Å². The Labute approximate surface area is 98.9 Å². The summed E-state index contributed by atoms with van der Waals surface area (Å²) in [4.78, 5) is 21.9. The minimum absolute atomic E-state index is 0.0248. The second kappa shape index (κ2) is 7.10. The number of hydrogen-bond donors (Lipinski definition) is 2. The fourth-order valence-corrected chi connectivity index (χ4v) is 0.989. The minimum atomic E-state index is -0.510. The third-order valence-corrected chi connectivity index (χ3v) is 1.84. The molecule has 0 aliphatic carbocycles. The third-order valence-electron chi connectivity index (χ3n) is 1.84. The fraction of sp³-hybridized carbons (Fsp3) is 0.273. The van der Waals surface area contributed by atoms with Crippen molar-refractivity contribution in [3.05, 3.63) is 30.3 Å². The van der Waals surface area contributed by atoms with Crippen LogP contribution in [0, 0.1) is 0 Å². The number of urea groups is 1. The van der Waals surface area contributed by atoms with Crippen LogP contribution >= 0.6 is 0 Å². The van der Waals surface area contributed by atoms with Crippen molar-refractivity contribution in [2.45, 2.75) is 0 Å². The predicted octanol–water partition coefficient (Wildman–Crippen LogP) is 0.495. The van der Waals surface area contributed by atoms with E-state index in [1.807, 2.05) is 18.2 Å². The van der Waals surface area contributed by atoms with Crippen LogP contribution < -0.4 is 15.4 Å². The number of rotatable bonds is 5. The van der Waals surface area contributed by atoms with E-state index >= 15 is 0 Å². The highest BCUT2D eigenvalue weighted by Crippen LogP contribution is 2.06. The Bertz CT molecular complexity index is 367. The Hall–Kier alpha value is -2.24. The number of hydrogen-bond acceptors (Lipinski definition) is 4. The zero-order valence-corrected chi connectivity index (χ0v) is 9.43. The van der Waals surface area contributed by atoms with Crippen molar-refractivity contribution >= 4 is 12.0 Å². The van der Waals surface area contributed by atoms with Gasteiger partial charge in [0.2, 0.25) is 0 Å². The normalized spacial score (nSPS) is 9.24. The van der Waals surface area contributed by atoms with Crippen molar-refractivity contribution in [3.8, 4) is 5.75 Å². The highest BCUT2D eigenvalue weighted by molar-refractivity contribution is 5.80. The van der Waals surface area contributed by atoms with Gasteiger partial charge in [0.1, 0.15) is 12.3 Å². The first-order chi connectivity index (χ1) is 8.22. The average molecular weight is 238 g/mol. The highest BCUT2D eigenvalue weighted by Gasteiger charge is 2.03. The van der Waals surface area contributed by atoms with Crippen molar-refractivity contribution in [3.63, 3.8) is 0 Å². The number of esters is 1. The van der Waals surface area contributed by atoms with Gasteiger partial charge in [0.15, 0.2) is 6.73 Å². The van der Waals surface area contributed by atoms with Crippen molar-refractivity contribution < 1.29 is 19.1 Å². The SMILES string of the molecule is COC(=O)CNC(=O)NCOc1ccccc1. The Morgan fingerprint density at radius 1 is 1.18 bits per heavy atom. The van der Waals surface area contributed by atoms with Crippen LogP contribution in [0.1, 0.15) is 0 Å². The van der Waals surface area contributed by atoms with Gasteiger partial charge < -0.3 is 20.1 Å². The van der Waals surface area contributed by atoms with Gasteiger partial charge >= 0.3 is 12.0 Å². The van der Waals surface area contributed by atoms with E-state index in [2.05, 4.69) is 15.4 Å². The molecule has 1 aromatic rings. The van der Waals surface area contributed by atoms with Gasteiger partial charge in [-0.25, -0.2) is 4.79 Å². The van der Waals surface area contributed by atoms with E-state index in [0.29, 0.717) is 5.75 Å². The van der Waals surface area contributed by atoms with E-state index in [0.717, 1.165) is 0 Å². The monoisotopic (exact) mass is 238 g/mol. The molecule has 17 heavy (non-hydrogen) atoms. The quantitative estimate of drug-likeness (QED) is 0.578. The summed E-state index contributed by atoms with van der Waals surface area (Å²) in [6, 6.07) is 8.57. The topological polar surface area (TPSA) is 76.7 Å². The number of benzene rings is 1. The Balaban J connectivity index is 2.14. The fourth-order valence-electron chi connectivity index (χ4n) is 0.989. The maximum atomic E-state index is 11.1. The molecule has 0 bridgehead atoms. The number of carbonyl (C=O) groups is 2. The molecule has 0 atom stereocenters. The first-order valence-corrected chi connectivity index (χ1v) is 4.98. The van der Waals surface area contributed by atoms with E-state index in [1.54, 1.807) is 12.1 Å². The standard InChI is InChI=1S/C11H14N2O4/c1-16-10(14)7-12-11(15)13-8-17-9-5-3-2-4-6-9/h2-6H,7-8H2,1H3,(H2,12,13,15). The van der Waals surface area contributed by atoms with E-state index in [9.17, 15) is 9.59 Å². The van der Waals surface area contributed by atoms with Gasteiger partial charge in [-0.05, 0) is 12.1 Å². The van der Waals surface area contributed by atoms with Gasteiger partial charge in [-0.2, -0.15) is 0 Å². The number of para-hydroxylation sites is 1. The molecule has 0 unspecified atom stereocenters. The molecule has 6 heteroatoms. The minimum Gasteiger partial charge on any atom is -0.473 e. The van der Waals surface area contributed by atoms with Gasteiger partial charge in [-0.1, -0.05) is 18.2 Å². The maximum absolute atomic E-state index is 11.1. The van der Waals surface area contributed by atoms with Gasteiger partial charge in [-0.3, -0.25) is 4.79 Å². The summed E-state index contributed by atoms with van der Waals surface area (Å²) in [6.45, 7) is -0.148. The number of amides is 2. The van der Waals surface area contributed by atoms with E-state index in [1.165, 1.54) is 7.11 Å². The first-order valence-electron chi connectivity index (χ1n) is 4.98. The molecule has 0 radical (unpaired) electrons. The molecule has 0 aromatic heterocycles. The van der Waals surface area contributed by atoms with E-state index in [-0.39, 0.29) is 13.3 Å². The molecule has 6 nitrogen and oxygen atoms in total. The zero-order valence-electron chi connectivity index (χ0n) is 9.43. The second-order valence-electron chi connectivity index (χ2n) is 3.04. The van der Waals surface area contributed by atoms with Crippen LogP contribution in [0.15, 0.2) is 30.3 Å². The van der Waals surface area contributed by atoms with Crippen LogP contribution in [-0.2, 0) is 9.53 Å². The summed E-state index contributed by atoms with van der Waals surface area (Å²) in [5, 5.41) is 4.75. The third kappa shape index (κ3) is 5.41. The highest BCUT2D eigenvalue weighted by atomic mass is 16.5. The first kappa shape index (κ1) is 12.8. The van der Waals surface area contributed by atoms with Crippen LogP contribution in [0.25, 0.3) is 0 Å². The lowest BCUT2D eigenvalue weighted by Crippen LogP contribution is -2.40. The molecule has 0 aliphatic rings. The molecule has 92 valence electrons. The lowest BCUT2D eigenvalue weighted by atomic mass is 10.3. The molecular formula is C11H14N2O4. The molecular weight excluding hydrogens is 224 g/mol. The molecule has 0 spiro atoms. The van der Waals surface area contributed by atoms with Crippen molar-refractivity contribution in [2.75, 3.05) is 20.4 Å². The molecule has 0 fully saturated rings. The van der Waals surface area contributed by atoms with Crippen LogP contribution in [0.3, 0.4) is 0 Å². The second-order valence-corrected chi connectivity index (χ2v) is 3.04. The summed E-state index contributed by atoms with van der Waals surface area (Å²) < 4.78 is 9.58. The van der Waals surface area contributed by atoms with E-state index in [4.69, 9.17) is 4.74 Å². The number of nitrogens with one attached hydrogen (secondary N) is 2. The van der Waals surface area contributed by atoms with Gasteiger partial charge in [-0.15, -0.1) is 0 Å². The molecule has 0 saturated carbocycles. The van der Waals surface area contributed by atoms with Crippen LogP contribution in [0.4, 0.5) is 4.79 Å². The van der Waals surface area contributed by atoms with Crippen LogP contribution in [0.2, 0.25) is 0 Å². The van der Waals surface area contributed by atoms with E-state index < -0.39 is 12.0 Å². The number of methoxy groups -OCH3 is 1. The summed E-state index contributed by atoms with van der Waals surface area (Å²) in [5.41, 5.74) is 0. The average Bonchev–Trinajstić information content (AvgIpc) is 2.37. The maximum Gasteiger partial charge on any atom is 0.325 e. The molecule has 0 heterocycles. The summed E-state index contributed by atoms with van der Waals surface area (Å²) in [7, 11) is 1.25. The zero-order chi connectivity index (χ0) is 12.5. The number of carbonyl (C=O) groups excluding carboxylic acids is 2. The predicted molar refractivity (Wildman–Crippen MR) is 60.5 cm³/mol. The Kier molecular flexibility index (Phi) is 5.36. The molecule has 2 amide bonds. The molecule has 1 aromatic carbocycles. The van der Waals surface area contributed by atoms with Gasteiger partial charge in [0.25, 0.3) is 0 Å². The van der Waals surface area contributed by atoms with Crippen molar-refractivity contribution in [1.29, 1.82) is 0 Å². The summed E-state index contributed by atoms with van der Waals surface area (Å²) in [6.07, 6.45) is 0. The molecule has 2 N–H and O–H groups in total. The Morgan fingerprint density at radius 2 is 1.88 bits per heavy atom. The molecule has 0 aliphatic heterocycles. The number of ether oxygens (including phenoxy) is 2. The van der Waals surface area contributed by atoms with Crippen LogP contribution in [0.5, 0.6) is 5.75 Å². The summed E-state index contributed by atoms with van der Waals surface area (Å²) in [5.74, 6) is 0.143. The summed E-state index contributed by atoms with van der Waals surface area (Å²) >= 11 is 0. The smallest absolute Gasteiger partial charge is 0.325 e. The van der Waals surface area contributed by atoms with Gasteiger partial charge in [0, 0.05) is 0 Å². The molecule has 0 saturated heterocycles. The van der Waals surface area contributed by atoms with Crippen molar-refractivity contribution in [1.82, 2.24) is 10.6 Å². The lowest BCUT2D eigenvalue weighted by molar-refractivity contribution is -0.139. The largest absolute Gasteiger partial charge is 0.473 e. The Morgan fingerprint density at radius 3 is 2.53 bits per heavy atom. The molecule has 1 rings (SSSR count). The lowest BCUT2D eigenvalue weighted by Gasteiger charge is -2.08. The van der Waals surface area contributed by atoms with Crippen molar-refractivity contribution in [2.24, 2.45) is 0 Å². The van der Waals surface area contributed by atoms with Gasteiger partial charge in [0.05, 0.1) is 7.11 Å².